The quantitative estimate of drug-likeness (QED) is 0.784. The van der Waals surface area contributed by atoms with Crippen molar-refractivity contribution in [2.75, 3.05) is 0 Å². The zero-order valence-electron chi connectivity index (χ0n) is 10.8. The van der Waals surface area contributed by atoms with Gasteiger partial charge in [-0.25, -0.2) is 8.78 Å². The standard InChI is InChI=1S/C16H12F2O2/c1-9-6-11(13(18)8-12(9)17)16(19)15-7-10-4-2-3-5-14(10)20-15/h2-6,8,15H,7H2,1H3. The largest absolute Gasteiger partial charge is 0.482 e. The molecule has 2 nitrogen and oxygen atoms in total. The van der Waals surface area contributed by atoms with Crippen molar-refractivity contribution < 1.29 is 18.3 Å². The third-order valence-corrected chi connectivity index (χ3v) is 3.45. The van der Waals surface area contributed by atoms with Crippen LogP contribution < -0.4 is 4.74 Å². The number of ketones is 1. The minimum absolute atomic E-state index is 0.123. The van der Waals surface area contributed by atoms with Gasteiger partial charge in [-0.2, -0.15) is 0 Å². The molecule has 0 fully saturated rings. The van der Waals surface area contributed by atoms with E-state index in [4.69, 9.17) is 4.74 Å². The SMILES string of the molecule is Cc1cc(C(=O)C2Cc3ccccc3O2)c(F)cc1F. The van der Waals surface area contributed by atoms with Crippen LogP contribution in [-0.2, 0) is 6.42 Å². The zero-order chi connectivity index (χ0) is 14.3. The van der Waals surface area contributed by atoms with E-state index in [1.54, 1.807) is 6.07 Å². The molecule has 0 amide bonds. The highest BCUT2D eigenvalue weighted by molar-refractivity contribution is 6.00. The van der Waals surface area contributed by atoms with Crippen LogP contribution in [0.25, 0.3) is 0 Å². The lowest BCUT2D eigenvalue weighted by Gasteiger charge is -2.11. The lowest BCUT2D eigenvalue weighted by atomic mass is 10.00. The highest BCUT2D eigenvalue weighted by Gasteiger charge is 2.31. The summed E-state index contributed by atoms with van der Waals surface area (Å²) < 4.78 is 32.5. The van der Waals surface area contributed by atoms with Gasteiger partial charge >= 0.3 is 0 Å². The molecular weight excluding hydrogens is 262 g/mol. The van der Waals surface area contributed by atoms with Gasteiger partial charge in [-0.3, -0.25) is 4.79 Å². The Morgan fingerprint density at radius 1 is 1.20 bits per heavy atom. The molecule has 1 atom stereocenters. The van der Waals surface area contributed by atoms with Crippen LogP contribution in [0.15, 0.2) is 36.4 Å². The van der Waals surface area contributed by atoms with E-state index in [2.05, 4.69) is 0 Å². The van der Waals surface area contributed by atoms with Crippen LogP contribution in [0.2, 0.25) is 0 Å². The first-order valence-electron chi connectivity index (χ1n) is 6.30. The summed E-state index contributed by atoms with van der Waals surface area (Å²) in [6.07, 6.45) is -0.336. The molecule has 0 saturated carbocycles. The second kappa shape index (κ2) is 4.71. The highest BCUT2D eigenvalue weighted by Crippen LogP contribution is 2.30. The Labute approximate surface area is 115 Å². The monoisotopic (exact) mass is 274 g/mol. The first kappa shape index (κ1) is 12.8. The van der Waals surface area contributed by atoms with E-state index in [0.29, 0.717) is 12.2 Å². The number of hydrogen-bond acceptors (Lipinski definition) is 2. The molecule has 1 aliphatic heterocycles. The summed E-state index contributed by atoms with van der Waals surface area (Å²) in [7, 11) is 0. The van der Waals surface area contributed by atoms with Gasteiger partial charge in [0.15, 0.2) is 6.10 Å². The molecule has 2 aromatic rings. The summed E-state index contributed by atoms with van der Waals surface area (Å²) in [4.78, 5) is 12.3. The zero-order valence-corrected chi connectivity index (χ0v) is 10.8. The summed E-state index contributed by atoms with van der Waals surface area (Å²) in [5.41, 5.74) is 1.04. The maximum absolute atomic E-state index is 13.7. The van der Waals surface area contributed by atoms with E-state index in [9.17, 15) is 13.6 Å². The highest BCUT2D eigenvalue weighted by atomic mass is 19.1. The molecule has 3 rings (SSSR count). The summed E-state index contributed by atoms with van der Waals surface area (Å²) >= 11 is 0. The van der Waals surface area contributed by atoms with Gasteiger partial charge < -0.3 is 4.74 Å². The van der Waals surface area contributed by atoms with Crippen molar-refractivity contribution in [3.8, 4) is 5.75 Å². The molecule has 20 heavy (non-hydrogen) atoms. The molecule has 0 radical (unpaired) electrons. The van der Waals surface area contributed by atoms with Gasteiger partial charge in [0.2, 0.25) is 5.78 Å². The number of para-hydroxylation sites is 1. The first-order valence-corrected chi connectivity index (χ1v) is 6.30. The molecule has 2 aromatic carbocycles. The fourth-order valence-electron chi connectivity index (χ4n) is 2.35. The first-order chi connectivity index (χ1) is 9.56. The van der Waals surface area contributed by atoms with Crippen molar-refractivity contribution >= 4 is 5.78 Å². The van der Waals surface area contributed by atoms with Crippen molar-refractivity contribution in [2.24, 2.45) is 0 Å². The number of carbonyl (C=O) groups is 1. The molecule has 102 valence electrons. The van der Waals surface area contributed by atoms with Crippen LogP contribution >= 0.6 is 0 Å². The van der Waals surface area contributed by atoms with Gasteiger partial charge in [-0.1, -0.05) is 18.2 Å². The number of rotatable bonds is 2. The Hall–Kier alpha value is -2.23. The average Bonchev–Trinajstić information content (AvgIpc) is 2.86. The summed E-state index contributed by atoms with van der Waals surface area (Å²) in [6, 6.07) is 9.29. The number of fused-ring (bicyclic) bond motifs is 1. The Morgan fingerprint density at radius 3 is 2.70 bits per heavy atom. The van der Waals surface area contributed by atoms with E-state index in [1.165, 1.54) is 13.0 Å². The van der Waals surface area contributed by atoms with E-state index in [-0.39, 0.29) is 11.1 Å². The van der Waals surface area contributed by atoms with Crippen molar-refractivity contribution in [1.82, 2.24) is 0 Å². The van der Waals surface area contributed by atoms with Gasteiger partial charge in [0.1, 0.15) is 17.4 Å². The second-order valence-corrected chi connectivity index (χ2v) is 4.86. The average molecular weight is 274 g/mol. The van der Waals surface area contributed by atoms with Gasteiger partial charge in [-0.15, -0.1) is 0 Å². The molecule has 0 aromatic heterocycles. The van der Waals surface area contributed by atoms with Crippen LogP contribution in [0.5, 0.6) is 5.75 Å². The van der Waals surface area contributed by atoms with E-state index in [0.717, 1.165) is 11.6 Å². The number of Topliss-reactive ketones (excluding diaryl/α,β-unsaturated/α-hetero) is 1. The molecule has 0 spiro atoms. The van der Waals surface area contributed by atoms with Gasteiger partial charge in [-0.05, 0) is 30.2 Å². The minimum atomic E-state index is -0.849. The molecule has 1 unspecified atom stereocenters. The predicted molar refractivity (Wildman–Crippen MR) is 70.0 cm³/mol. The van der Waals surface area contributed by atoms with E-state index >= 15 is 0 Å². The van der Waals surface area contributed by atoms with E-state index < -0.39 is 23.5 Å². The van der Waals surface area contributed by atoms with Gasteiger partial charge in [0.25, 0.3) is 0 Å². The predicted octanol–water partition coefficient (Wildman–Crippen LogP) is 3.46. The van der Waals surface area contributed by atoms with Crippen molar-refractivity contribution in [3.05, 3.63) is 64.7 Å². The molecule has 4 heteroatoms. The maximum Gasteiger partial charge on any atom is 0.206 e. The number of ether oxygens (including phenoxy) is 1. The molecule has 1 heterocycles. The molecule has 0 saturated heterocycles. The third-order valence-electron chi connectivity index (χ3n) is 3.45. The molecule has 0 aliphatic carbocycles. The molecule has 0 bridgehead atoms. The Morgan fingerprint density at radius 2 is 1.95 bits per heavy atom. The van der Waals surface area contributed by atoms with Crippen molar-refractivity contribution in [2.45, 2.75) is 19.4 Å². The van der Waals surface area contributed by atoms with Gasteiger partial charge in [0, 0.05) is 12.5 Å². The Kier molecular flexibility index (Phi) is 3.01. The Bertz CT molecular complexity index is 670. The number of carbonyl (C=O) groups excluding carboxylic acids is 1. The minimum Gasteiger partial charge on any atom is -0.482 e. The van der Waals surface area contributed by atoms with Crippen molar-refractivity contribution in [1.29, 1.82) is 0 Å². The van der Waals surface area contributed by atoms with Crippen LogP contribution in [0.4, 0.5) is 8.78 Å². The third kappa shape index (κ3) is 2.07. The lowest BCUT2D eigenvalue weighted by Crippen LogP contribution is -2.26. The number of aryl methyl sites for hydroxylation is 1. The Balaban J connectivity index is 1.90. The van der Waals surface area contributed by atoms with Crippen LogP contribution in [0.1, 0.15) is 21.5 Å². The smallest absolute Gasteiger partial charge is 0.206 e. The van der Waals surface area contributed by atoms with Crippen molar-refractivity contribution in [3.63, 3.8) is 0 Å². The maximum atomic E-state index is 13.7. The normalized spacial score (nSPS) is 16.6. The topological polar surface area (TPSA) is 26.3 Å². The molecule has 1 aliphatic rings. The van der Waals surface area contributed by atoms with Crippen LogP contribution in [0.3, 0.4) is 0 Å². The summed E-state index contributed by atoms with van der Waals surface area (Å²) in [5, 5.41) is 0. The summed E-state index contributed by atoms with van der Waals surface area (Å²) in [5.74, 6) is -1.32. The second-order valence-electron chi connectivity index (χ2n) is 4.86. The fraction of sp³-hybridized carbons (Fsp3) is 0.188. The summed E-state index contributed by atoms with van der Waals surface area (Å²) in [6.45, 7) is 1.50. The van der Waals surface area contributed by atoms with Crippen LogP contribution in [-0.4, -0.2) is 11.9 Å². The molecule has 0 N–H and O–H groups in total. The molecular formula is C16H12F2O2. The lowest BCUT2D eigenvalue weighted by molar-refractivity contribution is 0.0820. The fourth-order valence-corrected chi connectivity index (χ4v) is 2.35. The number of hydrogen-bond donors (Lipinski definition) is 0. The van der Waals surface area contributed by atoms with Gasteiger partial charge in [0.05, 0.1) is 5.56 Å². The van der Waals surface area contributed by atoms with E-state index in [1.807, 2.05) is 18.2 Å². The number of benzene rings is 2. The van der Waals surface area contributed by atoms with Crippen LogP contribution in [0, 0.1) is 18.6 Å². The number of halogens is 2.